The van der Waals surface area contributed by atoms with Crippen LogP contribution in [0.5, 0.6) is 0 Å². The van der Waals surface area contributed by atoms with Crippen molar-refractivity contribution in [1.82, 2.24) is 15.0 Å². The predicted octanol–water partition coefficient (Wildman–Crippen LogP) is 5.53. The molecule has 2 aromatic carbocycles. The number of fused-ring (bicyclic) bond motifs is 1. The fraction of sp³-hybridized carbons (Fsp3) is 0.467. The zero-order valence-corrected chi connectivity index (χ0v) is 23.4. The highest BCUT2D eigenvalue weighted by Gasteiger charge is 2.33. The van der Waals surface area contributed by atoms with Crippen LogP contribution < -0.4 is 16.5 Å². The molecule has 0 amide bonds. The van der Waals surface area contributed by atoms with Crippen molar-refractivity contribution in [3.8, 4) is 0 Å². The smallest absolute Gasteiger partial charge is 0.370 e. The van der Waals surface area contributed by atoms with E-state index >= 15 is 0 Å². The number of hydrazone groups is 1. The summed E-state index contributed by atoms with van der Waals surface area (Å²) < 4.78 is 40.8. The maximum Gasteiger partial charge on any atom is 0.416 e. The second-order valence-electron chi connectivity index (χ2n) is 11.5. The van der Waals surface area contributed by atoms with Crippen LogP contribution in [0.4, 0.5) is 18.9 Å². The van der Waals surface area contributed by atoms with Crippen molar-refractivity contribution in [3.63, 3.8) is 0 Å². The quantitative estimate of drug-likeness (QED) is 0.149. The van der Waals surface area contributed by atoms with Gasteiger partial charge in [0.05, 0.1) is 16.8 Å². The van der Waals surface area contributed by atoms with Crippen molar-refractivity contribution in [1.29, 1.82) is 0 Å². The number of alkyl halides is 3. The van der Waals surface area contributed by atoms with Gasteiger partial charge >= 0.3 is 6.18 Å². The van der Waals surface area contributed by atoms with E-state index in [0.29, 0.717) is 29.5 Å². The van der Waals surface area contributed by atoms with Crippen LogP contribution in [0.25, 0.3) is 10.9 Å². The van der Waals surface area contributed by atoms with E-state index in [-0.39, 0.29) is 12.5 Å². The Morgan fingerprint density at radius 3 is 2.25 bits per heavy atom. The molecule has 7 nitrogen and oxygen atoms in total. The van der Waals surface area contributed by atoms with E-state index in [1.807, 2.05) is 12.3 Å². The molecule has 1 aromatic heterocycles. The highest BCUT2D eigenvalue weighted by Crippen LogP contribution is 2.40. The number of hydrogen-bond acceptors (Lipinski definition) is 5. The lowest BCUT2D eigenvalue weighted by molar-refractivity contribution is -0.137. The lowest BCUT2D eigenvalue weighted by Gasteiger charge is -2.31. The first-order chi connectivity index (χ1) is 19.0. The van der Waals surface area contributed by atoms with Gasteiger partial charge in [-0.15, -0.1) is 5.10 Å². The monoisotopic (exact) mass is 553 g/mol. The molecule has 0 spiro atoms. The molecule has 2 fully saturated rings. The lowest BCUT2D eigenvalue weighted by atomic mass is 10.0. The minimum Gasteiger partial charge on any atom is -0.370 e. The van der Waals surface area contributed by atoms with Crippen LogP contribution in [0.2, 0.25) is 0 Å². The predicted molar refractivity (Wildman–Crippen MR) is 153 cm³/mol. The van der Waals surface area contributed by atoms with Gasteiger partial charge in [0.1, 0.15) is 0 Å². The normalized spacial score (nSPS) is 15.9. The first-order valence-corrected chi connectivity index (χ1v) is 13.8. The summed E-state index contributed by atoms with van der Waals surface area (Å²) in [4.78, 5) is 9.07. The minimum absolute atomic E-state index is 0.117. The largest absolute Gasteiger partial charge is 0.416 e. The number of hydrogen-bond donors (Lipinski definition) is 2. The molecule has 3 aromatic rings. The van der Waals surface area contributed by atoms with Crippen LogP contribution >= 0.6 is 0 Å². The highest BCUT2D eigenvalue weighted by molar-refractivity contribution is 5.94. The molecular weight excluding hydrogens is 515 g/mol. The number of pyridine rings is 1. The SMILES string of the molecule is Cc1cc(CN(Cc2cnc3ccc(C)cc3c2N(CC2CC2)CC2CC2)/C(N)=N/N(C)N)cc(C(F)(F)F)c1. The standard InChI is InChI=1S/C30H38F3N7/c1-19-4-9-27-26(12-19)28(39(15-21-5-6-21)16-22-7-8-22)24(14-36-27)18-40(29(34)37-38(3)35)17-23-10-20(2)11-25(13-23)30(31,32)33/h4,9-14,21-22H,5-8,15-18,35H2,1-3H3,(H2,34,37). The topological polar surface area (TPSA) is 87.0 Å². The second-order valence-corrected chi connectivity index (χ2v) is 11.5. The zero-order valence-electron chi connectivity index (χ0n) is 23.4. The number of nitrogens with two attached hydrogens (primary N) is 2. The van der Waals surface area contributed by atoms with Crippen molar-refractivity contribution in [3.05, 3.63) is 70.4 Å². The molecule has 2 aliphatic carbocycles. The molecule has 2 saturated carbocycles. The van der Waals surface area contributed by atoms with Crippen LogP contribution in [-0.2, 0) is 19.3 Å². The number of guanidine groups is 1. The Hall–Kier alpha value is -3.53. The fourth-order valence-electron chi connectivity index (χ4n) is 5.29. The van der Waals surface area contributed by atoms with Crippen LogP contribution in [-0.4, -0.2) is 41.1 Å². The number of aryl methyl sites for hydroxylation is 2. The zero-order chi connectivity index (χ0) is 28.6. The summed E-state index contributed by atoms with van der Waals surface area (Å²) in [5.74, 6) is 7.27. The Kier molecular flexibility index (Phi) is 7.81. The molecule has 0 atom stereocenters. The van der Waals surface area contributed by atoms with Crippen LogP contribution in [0.15, 0.2) is 47.7 Å². The fourth-order valence-corrected chi connectivity index (χ4v) is 5.29. The van der Waals surface area contributed by atoms with Gasteiger partial charge in [-0.1, -0.05) is 23.3 Å². The molecule has 4 N–H and O–H groups in total. The minimum atomic E-state index is -4.44. The molecule has 5 rings (SSSR count). The molecule has 0 unspecified atom stereocenters. The van der Waals surface area contributed by atoms with Gasteiger partial charge in [-0.05, 0) is 81.2 Å². The molecule has 214 valence electrons. The van der Waals surface area contributed by atoms with E-state index in [9.17, 15) is 13.2 Å². The molecule has 0 saturated heterocycles. The van der Waals surface area contributed by atoms with Gasteiger partial charge in [-0.3, -0.25) is 4.98 Å². The number of anilines is 1. The molecule has 40 heavy (non-hydrogen) atoms. The molecule has 0 aliphatic heterocycles. The Bertz CT molecular complexity index is 1380. The molecule has 2 aliphatic rings. The first kappa shape index (κ1) is 28.0. The van der Waals surface area contributed by atoms with E-state index in [1.54, 1.807) is 24.9 Å². The van der Waals surface area contributed by atoms with Crippen molar-refractivity contribution in [2.45, 2.75) is 58.8 Å². The van der Waals surface area contributed by atoms with Crippen molar-refractivity contribution < 1.29 is 13.2 Å². The maximum atomic E-state index is 13.6. The third-order valence-electron chi connectivity index (χ3n) is 7.52. The van der Waals surface area contributed by atoms with Gasteiger partial charge in [0.15, 0.2) is 0 Å². The average Bonchev–Trinajstić information content (AvgIpc) is 3.79. The van der Waals surface area contributed by atoms with Crippen molar-refractivity contribution in [2.24, 2.45) is 28.5 Å². The summed E-state index contributed by atoms with van der Waals surface area (Å²) in [6.07, 6.45) is 2.39. The molecule has 0 radical (unpaired) electrons. The van der Waals surface area contributed by atoms with Gasteiger partial charge in [-0.25, -0.2) is 11.0 Å². The summed E-state index contributed by atoms with van der Waals surface area (Å²) in [5.41, 5.74) is 10.9. The average molecular weight is 554 g/mol. The van der Waals surface area contributed by atoms with Crippen LogP contribution in [0.1, 0.15) is 53.5 Å². The van der Waals surface area contributed by atoms with Crippen molar-refractivity contribution >= 4 is 22.5 Å². The highest BCUT2D eigenvalue weighted by atomic mass is 19.4. The summed E-state index contributed by atoms with van der Waals surface area (Å²) in [6.45, 7) is 6.15. The van der Waals surface area contributed by atoms with Crippen LogP contribution in [0.3, 0.4) is 0 Å². The second kappa shape index (κ2) is 11.2. The van der Waals surface area contributed by atoms with E-state index in [1.165, 1.54) is 31.7 Å². The van der Waals surface area contributed by atoms with E-state index in [4.69, 9.17) is 16.6 Å². The lowest BCUT2D eigenvalue weighted by Crippen LogP contribution is -2.40. The van der Waals surface area contributed by atoms with Gasteiger partial charge in [-0.2, -0.15) is 13.2 Å². The third kappa shape index (κ3) is 6.96. The molecule has 0 bridgehead atoms. The Labute approximate surface area is 233 Å². The van der Waals surface area contributed by atoms with E-state index in [0.717, 1.165) is 52.0 Å². The number of halogens is 3. The van der Waals surface area contributed by atoms with E-state index in [2.05, 4.69) is 29.1 Å². The number of benzene rings is 2. The van der Waals surface area contributed by atoms with Crippen molar-refractivity contribution in [2.75, 3.05) is 25.0 Å². The Balaban J connectivity index is 1.57. The molecule has 10 heteroatoms. The summed E-state index contributed by atoms with van der Waals surface area (Å²) in [7, 11) is 1.55. The van der Waals surface area contributed by atoms with E-state index < -0.39 is 11.7 Å². The van der Waals surface area contributed by atoms with Gasteiger partial charge in [0, 0.05) is 50.4 Å². The summed E-state index contributed by atoms with van der Waals surface area (Å²) >= 11 is 0. The third-order valence-corrected chi connectivity index (χ3v) is 7.52. The summed E-state index contributed by atoms with van der Waals surface area (Å²) in [6, 6.07) is 10.4. The number of hydrazine groups is 1. The number of nitrogens with zero attached hydrogens (tertiary/aromatic N) is 5. The van der Waals surface area contributed by atoms with Gasteiger partial charge in [0.25, 0.3) is 0 Å². The number of rotatable bonds is 10. The Morgan fingerprint density at radius 2 is 1.65 bits per heavy atom. The van der Waals surface area contributed by atoms with Crippen LogP contribution in [0, 0.1) is 25.7 Å². The molecular formula is C30H38F3N7. The van der Waals surface area contributed by atoms with Gasteiger partial charge in [0.2, 0.25) is 5.96 Å². The summed E-state index contributed by atoms with van der Waals surface area (Å²) in [5, 5.41) is 6.40. The number of aromatic nitrogens is 1. The van der Waals surface area contributed by atoms with Gasteiger partial charge < -0.3 is 15.5 Å². The maximum absolute atomic E-state index is 13.6. The first-order valence-electron chi connectivity index (χ1n) is 13.8. The molecule has 1 heterocycles. The Morgan fingerprint density at radius 1 is 0.975 bits per heavy atom.